The Hall–Kier alpha value is -2.56. The van der Waals surface area contributed by atoms with Gasteiger partial charge in [0.2, 0.25) is 5.16 Å². The van der Waals surface area contributed by atoms with Crippen LogP contribution in [0.5, 0.6) is 5.75 Å². The lowest BCUT2D eigenvalue weighted by atomic mass is 10.3. The van der Waals surface area contributed by atoms with Crippen LogP contribution in [-0.4, -0.2) is 54.0 Å². The van der Waals surface area contributed by atoms with Crippen LogP contribution in [0.1, 0.15) is 0 Å². The van der Waals surface area contributed by atoms with E-state index in [1.54, 1.807) is 24.3 Å². The van der Waals surface area contributed by atoms with Crippen LogP contribution >= 0.6 is 0 Å². The average Bonchev–Trinajstić information content (AvgIpc) is 2.98. The first-order chi connectivity index (χ1) is 12.7. The van der Waals surface area contributed by atoms with Gasteiger partial charge in [0.1, 0.15) is 26.0 Å². The lowest BCUT2D eigenvalue weighted by molar-refractivity contribution is 0.433. The summed E-state index contributed by atoms with van der Waals surface area (Å²) >= 11 is 0. The van der Waals surface area contributed by atoms with E-state index in [4.69, 9.17) is 5.11 Å². The molecule has 0 spiro atoms. The molecule has 3 rings (SSSR count). The van der Waals surface area contributed by atoms with Crippen LogP contribution in [0.25, 0.3) is 11.0 Å². The highest BCUT2D eigenvalue weighted by atomic mass is 32.2. The number of H-pyrrole nitrogens is 1. The van der Waals surface area contributed by atoms with Crippen molar-refractivity contribution in [3.05, 3.63) is 42.5 Å². The zero-order valence-corrected chi connectivity index (χ0v) is 15.8. The molecule has 152 valence electrons. The Morgan fingerprint density at radius 2 is 1.43 bits per heavy atom. The van der Waals surface area contributed by atoms with Gasteiger partial charge in [-0.3, -0.25) is 0 Å². The summed E-state index contributed by atoms with van der Waals surface area (Å²) in [6.45, 7) is 0. The molecule has 3 aromatic rings. The third kappa shape index (κ3) is 5.24. The highest BCUT2D eigenvalue weighted by Gasteiger charge is 2.12. The number of imidazole rings is 1. The zero-order valence-electron chi connectivity index (χ0n) is 13.3. The van der Waals surface area contributed by atoms with E-state index in [2.05, 4.69) is 9.97 Å². The van der Waals surface area contributed by atoms with Crippen LogP contribution in [-0.2, 0) is 30.4 Å². The van der Waals surface area contributed by atoms with Crippen LogP contribution in [0.2, 0.25) is 0 Å². The van der Waals surface area contributed by atoms with Gasteiger partial charge in [0.25, 0.3) is 0 Å². The summed E-state index contributed by atoms with van der Waals surface area (Å²) in [5.41, 5.74) is 1.01. The standard InChI is InChI=1S/C7H6N2O3S.C6H6O7S2/c10-13(11,12)7-8-5-3-1-2-4-6(5)9-7;7-5-2-1-4(14(8,9)10)3-6(5)15(11,12)13/h1-4H,(H,8,9)(H,10,11,12);1-3,7H,(H,8,9,10)(H,11,12,13)/p-3. The Bertz CT molecular complexity index is 1310. The molecule has 2 aromatic carbocycles. The van der Waals surface area contributed by atoms with Gasteiger partial charge in [-0.2, -0.15) is 0 Å². The molecule has 0 saturated carbocycles. The van der Waals surface area contributed by atoms with Crippen molar-refractivity contribution >= 4 is 41.4 Å². The molecule has 0 radical (unpaired) electrons. The minimum atomic E-state index is -5.02. The summed E-state index contributed by atoms with van der Waals surface area (Å²) in [4.78, 5) is 4.02. The third-order valence-corrected chi connectivity index (χ3v) is 5.46. The highest BCUT2D eigenvalue weighted by Crippen LogP contribution is 2.25. The monoisotopic (exact) mass is 449 g/mol. The first kappa shape index (κ1) is 21.7. The van der Waals surface area contributed by atoms with Crippen LogP contribution in [0.3, 0.4) is 0 Å². The summed E-state index contributed by atoms with van der Waals surface area (Å²) < 4.78 is 94.7. The van der Waals surface area contributed by atoms with E-state index in [0.717, 1.165) is 0 Å². The van der Waals surface area contributed by atoms with E-state index in [0.29, 0.717) is 29.2 Å². The third-order valence-electron chi connectivity index (χ3n) is 3.09. The molecule has 0 aliphatic carbocycles. The number of aromatic nitrogens is 2. The molecular weight excluding hydrogens is 440 g/mol. The number of fused-ring (bicyclic) bond motifs is 1. The van der Waals surface area contributed by atoms with Gasteiger partial charge in [-0.15, -0.1) is 0 Å². The van der Waals surface area contributed by atoms with Gasteiger partial charge in [-0.05, 0) is 30.3 Å². The summed E-state index contributed by atoms with van der Waals surface area (Å²) in [7, 11) is -14.4. The number of phenolic OH excluding ortho intramolecular Hbond substituents is 1. The number of nitrogens with zero attached hydrogens (tertiary/aromatic N) is 1. The van der Waals surface area contributed by atoms with Gasteiger partial charge in [-0.25, -0.2) is 30.2 Å². The Morgan fingerprint density at radius 3 is 1.93 bits per heavy atom. The van der Waals surface area contributed by atoms with E-state index in [-0.39, 0.29) is 0 Å². The smallest absolute Gasteiger partial charge is 0.213 e. The second-order valence-corrected chi connectivity index (χ2v) is 9.07. The Balaban J connectivity index is 0.000000202. The van der Waals surface area contributed by atoms with Crippen molar-refractivity contribution in [3.8, 4) is 5.75 Å². The van der Waals surface area contributed by atoms with Crippen molar-refractivity contribution in [3.63, 3.8) is 0 Å². The highest BCUT2D eigenvalue weighted by molar-refractivity contribution is 7.86. The molecule has 0 amide bonds. The predicted molar refractivity (Wildman–Crippen MR) is 88.1 cm³/mol. The second-order valence-electron chi connectivity index (χ2n) is 5.05. The van der Waals surface area contributed by atoms with Crippen molar-refractivity contribution < 1.29 is 44.0 Å². The Kier molecular flexibility index (Phi) is 5.79. The topological polar surface area (TPSA) is 221 Å². The maximum atomic E-state index is 10.6. The van der Waals surface area contributed by atoms with Gasteiger partial charge in [0.05, 0.1) is 20.8 Å². The number of hydrogen-bond acceptors (Lipinski definition) is 11. The average molecular weight is 449 g/mol. The number of benzene rings is 2. The van der Waals surface area contributed by atoms with Gasteiger partial charge in [0.15, 0.2) is 10.1 Å². The Morgan fingerprint density at radius 1 is 0.821 bits per heavy atom. The Labute approximate surface area is 158 Å². The molecule has 28 heavy (non-hydrogen) atoms. The first-order valence-corrected chi connectivity index (χ1v) is 11.1. The maximum Gasteiger partial charge on any atom is 0.213 e. The summed E-state index contributed by atoms with van der Waals surface area (Å²) in [6, 6.07) is 8.38. The van der Waals surface area contributed by atoms with Gasteiger partial charge in [0, 0.05) is 0 Å². The van der Waals surface area contributed by atoms with Crippen molar-refractivity contribution in [1.82, 2.24) is 9.97 Å². The van der Waals surface area contributed by atoms with Crippen molar-refractivity contribution in [2.45, 2.75) is 14.9 Å². The molecule has 1 aromatic heterocycles. The van der Waals surface area contributed by atoms with Crippen LogP contribution < -0.4 is 0 Å². The van der Waals surface area contributed by atoms with E-state index >= 15 is 0 Å². The molecule has 0 bridgehead atoms. The molecule has 1 heterocycles. The van der Waals surface area contributed by atoms with E-state index in [1.165, 1.54) is 0 Å². The van der Waals surface area contributed by atoms with Crippen LogP contribution in [0.4, 0.5) is 0 Å². The van der Waals surface area contributed by atoms with Gasteiger partial charge >= 0.3 is 0 Å². The molecule has 0 aliphatic rings. The lowest BCUT2D eigenvalue weighted by Gasteiger charge is -2.12. The fourth-order valence-corrected chi connectivity index (χ4v) is 3.51. The molecule has 0 aliphatic heterocycles. The number of phenols is 1. The predicted octanol–water partition coefficient (Wildman–Crippen LogP) is -0.333. The minimum Gasteiger partial charge on any atom is -0.744 e. The lowest BCUT2D eigenvalue weighted by Crippen LogP contribution is -2.03. The quantitative estimate of drug-likeness (QED) is 0.492. The summed E-state index contributed by atoms with van der Waals surface area (Å²) in [5, 5.41) is 8.43. The SMILES string of the molecule is O=S(=O)([O-])c1ccc(O)c(S(=O)(=O)[O-])c1.O=S(=O)([O-])c1nc2ccccc2[nH]1. The second kappa shape index (κ2) is 7.46. The number of nitrogens with one attached hydrogen (secondary N) is 1. The molecule has 12 nitrogen and oxygen atoms in total. The van der Waals surface area contributed by atoms with E-state index in [1.807, 2.05) is 0 Å². The van der Waals surface area contributed by atoms with Gasteiger partial charge in [-0.1, -0.05) is 12.1 Å². The molecule has 2 N–H and O–H groups in total. The molecule has 0 atom stereocenters. The molecule has 0 fully saturated rings. The molecule has 0 saturated heterocycles. The minimum absolute atomic E-state index is 0.319. The number of hydrogen-bond donors (Lipinski definition) is 2. The number of aromatic hydroxyl groups is 1. The summed E-state index contributed by atoms with van der Waals surface area (Å²) in [5.74, 6) is -0.905. The summed E-state index contributed by atoms with van der Waals surface area (Å²) in [6.07, 6.45) is 0. The fourth-order valence-electron chi connectivity index (χ4n) is 1.90. The number of rotatable bonds is 3. The number of para-hydroxylation sites is 2. The number of aromatic amines is 1. The molecule has 15 heteroatoms. The molecule has 0 unspecified atom stereocenters. The molecular formula is C13H9N2O10S3-3. The first-order valence-electron chi connectivity index (χ1n) is 6.85. The normalized spacial score (nSPS) is 12.4. The van der Waals surface area contributed by atoms with E-state index < -0.39 is 51.1 Å². The van der Waals surface area contributed by atoms with Crippen LogP contribution in [0.15, 0.2) is 57.4 Å². The fraction of sp³-hybridized carbons (Fsp3) is 0. The van der Waals surface area contributed by atoms with E-state index in [9.17, 15) is 38.9 Å². The van der Waals surface area contributed by atoms with Crippen molar-refractivity contribution in [2.24, 2.45) is 0 Å². The van der Waals surface area contributed by atoms with Crippen molar-refractivity contribution in [2.75, 3.05) is 0 Å². The maximum absolute atomic E-state index is 10.6. The largest absolute Gasteiger partial charge is 0.744 e. The van der Waals surface area contributed by atoms with Gasteiger partial charge < -0.3 is 23.7 Å². The zero-order chi connectivity index (χ0) is 21.3. The van der Waals surface area contributed by atoms with Crippen LogP contribution in [0, 0.1) is 0 Å². The van der Waals surface area contributed by atoms with Crippen molar-refractivity contribution in [1.29, 1.82) is 0 Å².